The molecule has 0 fully saturated rings. The number of hydrogen-bond donors (Lipinski definition) is 2. The smallest absolute Gasteiger partial charge is 0.242 e. The van der Waals surface area contributed by atoms with Crippen LogP contribution < -0.4 is 10.5 Å². The van der Waals surface area contributed by atoms with Gasteiger partial charge < -0.3 is 10.5 Å². The lowest BCUT2D eigenvalue weighted by atomic mass is 10.2. The molecule has 0 heterocycles. The van der Waals surface area contributed by atoms with Gasteiger partial charge in [0.05, 0.1) is 11.6 Å². The number of nitrogens with two attached hydrogens (primary N) is 1. The molecule has 0 spiro atoms. The van der Waals surface area contributed by atoms with Crippen LogP contribution in [-0.2, 0) is 14.8 Å². The van der Waals surface area contributed by atoms with Gasteiger partial charge in [-0.3, -0.25) is 0 Å². The van der Waals surface area contributed by atoms with E-state index in [0.717, 1.165) is 12.8 Å². The molecular formula is C13H19ClN2O3S2. The molecule has 0 bridgehead atoms. The molecule has 0 amide bonds. The molecule has 118 valence electrons. The van der Waals surface area contributed by atoms with Crippen molar-refractivity contribution in [1.82, 2.24) is 4.72 Å². The van der Waals surface area contributed by atoms with Crippen molar-refractivity contribution >= 4 is 38.8 Å². The van der Waals surface area contributed by atoms with E-state index in [1.165, 1.54) is 12.1 Å². The van der Waals surface area contributed by atoms with Crippen molar-refractivity contribution in [2.45, 2.75) is 24.7 Å². The van der Waals surface area contributed by atoms with Gasteiger partial charge in [0.25, 0.3) is 0 Å². The van der Waals surface area contributed by atoms with Gasteiger partial charge in [-0.2, -0.15) is 0 Å². The molecule has 5 nitrogen and oxygen atoms in total. The first-order valence-corrected chi connectivity index (χ1v) is 8.82. The average molecular weight is 351 g/mol. The Hall–Kier alpha value is -0.730. The van der Waals surface area contributed by atoms with Crippen molar-refractivity contribution < 1.29 is 13.2 Å². The Bertz CT molecular complexity index is 591. The van der Waals surface area contributed by atoms with Gasteiger partial charge in [-0.15, -0.1) is 0 Å². The third-order valence-corrected chi connectivity index (χ3v) is 4.86. The molecule has 0 unspecified atom stereocenters. The van der Waals surface area contributed by atoms with Crippen LogP contribution >= 0.6 is 23.8 Å². The largest absolute Gasteiger partial charge is 0.389 e. The number of rotatable bonds is 9. The third-order valence-electron chi connectivity index (χ3n) is 2.69. The van der Waals surface area contributed by atoms with Gasteiger partial charge in [-0.1, -0.05) is 43.2 Å². The lowest BCUT2D eigenvalue weighted by Crippen LogP contribution is -2.28. The van der Waals surface area contributed by atoms with E-state index in [2.05, 4.69) is 11.6 Å². The first-order chi connectivity index (χ1) is 9.88. The summed E-state index contributed by atoms with van der Waals surface area (Å²) in [5.41, 5.74) is 5.95. The van der Waals surface area contributed by atoms with Crippen molar-refractivity contribution in [3.63, 3.8) is 0 Å². The number of nitrogens with one attached hydrogen (secondary N) is 1. The number of hydrogen-bond acceptors (Lipinski definition) is 4. The zero-order chi connectivity index (χ0) is 15.9. The van der Waals surface area contributed by atoms with Gasteiger partial charge in [-0.25, -0.2) is 13.1 Å². The normalized spacial score (nSPS) is 11.5. The Morgan fingerprint density at radius 3 is 2.76 bits per heavy atom. The minimum Gasteiger partial charge on any atom is -0.389 e. The van der Waals surface area contributed by atoms with Gasteiger partial charge in [0.15, 0.2) is 0 Å². The highest BCUT2D eigenvalue weighted by atomic mass is 35.5. The standard InChI is InChI=1S/C13H19ClN2O3S2/c1-2-3-7-19-8-6-16-21(17,18)12-9-10(13(15)20)4-5-11(12)14/h4-5,9,16H,2-3,6-8H2,1H3,(H2,15,20). The molecule has 0 aromatic heterocycles. The zero-order valence-electron chi connectivity index (χ0n) is 11.8. The molecule has 0 aliphatic carbocycles. The van der Waals surface area contributed by atoms with Crippen LogP contribution in [0.25, 0.3) is 0 Å². The number of unbranched alkanes of at least 4 members (excludes halogenated alkanes) is 1. The molecule has 0 aliphatic heterocycles. The fourth-order valence-corrected chi connectivity index (χ4v) is 3.20. The molecule has 0 radical (unpaired) electrons. The van der Waals surface area contributed by atoms with Crippen LogP contribution in [0.15, 0.2) is 23.1 Å². The first kappa shape index (κ1) is 18.3. The second kappa shape index (κ2) is 8.65. The SMILES string of the molecule is CCCCOCCNS(=O)(=O)c1cc(C(N)=S)ccc1Cl. The monoisotopic (exact) mass is 350 g/mol. The van der Waals surface area contributed by atoms with Crippen molar-refractivity contribution in [2.75, 3.05) is 19.8 Å². The van der Waals surface area contributed by atoms with Crippen LogP contribution in [0.5, 0.6) is 0 Å². The molecule has 0 aliphatic rings. The maximum atomic E-state index is 12.2. The summed E-state index contributed by atoms with van der Waals surface area (Å²) in [7, 11) is -3.72. The molecule has 8 heteroatoms. The second-order valence-corrected chi connectivity index (χ2v) is 6.96. The lowest BCUT2D eigenvalue weighted by molar-refractivity contribution is 0.136. The molecular weight excluding hydrogens is 332 g/mol. The Morgan fingerprint density at radius 2 is 2.14 bits per heavy atom. The van der Waals surface area contributed by atoms with Crippen molar-refractivity contribution in [1.29, 1.82) is 0 Å². The van der Waals surface area contributed by atoms with E-state index in [4.69, 9.17) is 34.3 Å². The zero-order valence-corrected chi connectivity index (χ0v) is 14.2. The highest BCUT2D eigenvalue weighted by Gasteiger charge is 2.18. The number of thiocarbonyl (C=S) groups is 1. The van der Waals surface area contributed by atoms with Crippen LogP contribution in [0.2, 0.25) is 5.02 Å². The predicted molar refractivity (Wildman–Crippen MR) is 88.3 cm³/mol. The number of sulfonamides is 1. The van der Waals surface area contributed by atoms with Gasteiger partial charge in [0.1, 0.15) is 9.88 Å². The van der Waals surface area contributed by atoms with Gasteiger partial charge >= 0.3 is 0 Å². The molecule has 1 aromatic carbocycles. The fourth-order valence-electron chi connectivity index (χ4n) is 1.54. The van der Waals surface area contributed by atoms with E-state index in [1.54, 1.807) is 6.07 Å². The summed E-state index contributed by atoms with van der Waals surface area (Å²) >= 11 is 10.8. The van der Waals surface area contributed by atoms with E-state index < -0.39 is 10.0 Å². The molecule has 0 atom stereocenters. The van der Waals surface area contributed by atoms with E-state index in [-0.39, 0.29) is 21.5 Å². The first-order valence-electron chi connectivity index (χ1n) is 6.55. The van der Waals surface area contributed by atoms with Crippen molar-refractivity contribution in [3.8, 4) is 0 Å². The summed E-state index contributed by atoms with van der Waals surface area (Å²) in [6.07, 6.45) is 1.99. The lowest BCUT2D eigenvalue weighted by Gasteiger charge is -2.10. The fraction of sp³-hybridized carbons (Fsp3) is 0.462. The van der Waals surface area contributed by atoms with Crippen LogP contribution in [0, 0.1) is 0 Å². The van der Waals surface area contributed by atoms with Crippen molar-refractivity contribution in [2.24, 2.45) is 5.73 Å². The maximum Gasteiger partial charge on any atom is 0.242 e. The molecule has 1 rings (SSSR count). The van der Waals surface area contributed by atoms with E-state index in [0.29, 0.717) is 18.8 Å². The van der Waals surface area contributed by atoms with E-state index >= 15 is 0 Å². The van der Waals surface area contributed by atoms with Crippen LogP contribution in [0.1, 0.15) is 25.3 Å². The third kappa shape index (κ3) is 5.88. The predicted octanol–water partition coefficient (Wildman–Crippen LogP) is 2.07. The Kier molecular flexibility index (Phi) is 7.55. The van der Waals surface area contributed by atoms with Crippen LogP contribution in [0.4, 0.5) is 0 Å². The summed E-state index contributed by atoms with van der Waals surface area (Å²) < 4.78 is 32.1. The quantitative estimate of drug-likeness (QED) is 0.526. The molecule has 0 saturated carbocycles. The molecule has 1 aromatic rings. The Morgan fingerprint density at radius 1 is 1.43 bits per heavy atom. The van der Waals surface area contributed by atoms with E-state index in [9.17, 15) is 8.42 Å². The van der Waals surface area contributed by atoms with Crippen LogP contribution in [0.3, 0.4) is 0 Å². The van der Waals surface area contributed by atoms with E-state index in [1.807, 2.05) is 0 Å². The maximum absolute atomic E-state index is 12.2. The summed E-state index contributed by atoms with van der Waals surface area (Å²) in [6.45, 7) is 3.17. The topological polar surface area (TPSA) is 81.4 Å². The summed E-state index contributed by atoms with van der Waals surface area (Å²) in [5, 5.41) is 0.120. The number of halogens is 1. The van der Waals surface area contributed by atoms with Crippen molar-refractivity contribution in [3.05, 3.63) is 28.8 Å². The van der Waals surface area contributed by atoms with Gasteiger partial charge in [0.2, 0.25) is 10.0 Å². The Labute approximate surface area is 135 Å². The Balaban J connectivity index is 2.70. The van der Waals surface area contributed by atoms with Gasteiger partial charge in [-0.05, 0) is 18.6 Å². The minimum atomic E-state index is -3.72. The number of ether oxygens (including phenoxy) is 1. The highest BCUT2D eigenvalue weighted by Crippen LogP contribution is 2.22. The minimum absolute atomic E-state index is 0.0389. The second-order valence-electron chi connectivity index (χ2n) is 4.37. The number of benzene rings is 1. The summed E-state index contributed by atoms with van der Waals surface area (Å²) in [4.78, 5) is 0.0778. The molecule has 3 N–H and O–H groups in total. The van der Waals surface area contributed by atoms with Gasteiger partial charge in [0, 0.05) is 18.7 Å². The summed E-state index contributed by atoms with van der Waals surface area (Å²) in [5.74, 6) is 0. The highest BCUT2D eigenvalue weighted by molar-refractivity contribution is 7.89. The van der Waals surface area contributed by atoms with Crippen LogP contribution in [-0.4, -0.2) is 33.2 Å². The molecule has 0 saturated heterocycles. The molecule has 21 heavy (non-hydrogen) atoms. The summed E-state index contributed by atoms with van der Waals surface area (Å²) in [6, 6.07) is 4.41. The average Bonchev–Trinajstić information content (AvgIpc) is 2.42.